The average Bonchev–Trinajstić information content (AvgIpc) is 2.45. The zero-order chi connectivity index (χ0) is 14.8. The lowest BCUT2D eigenvalue weighted by atomic mass is 10.2. The van der Waals surface area contributed by atoms with Crippen molar-refractivity contribution in [1.29, 1.82) is 0 Å². The maximum atomic E-state index is 13.5. The summed E-state index contributed by atoms with van der Waals surface area (Å²) in [7, 11) is 1.55. The van der Waals surface area contributed by atoms with Crippen LogP contribution in [-0.4, -0.2) is 38.8 Å². The fourth-order valence-electron chi connectivity index (χ4n) is 1.37. The van der Waals surface area contributed by atoms with Crippen molar-refractivity contribution in [1.82, 2.24) is 5.32 Å². The second-order valence-electron chi connectivity index (χ2n) is 3.96. The number of amides is 1. The maximum Gasteiger partial charge on any atom is 0.291 e. The van der Waals surface area contributed by atoms with Crippen molar-refractivity contribution in [2.45, 2.75) is 13.3 Å². The molecule has 0 aliphatic rings. The van der Waals surface area contributed by atoms with E-state index in [9.17, 15) is 9.18 Å². The number of amidine groups is 1. The van der Waals surface area contributed by atoms with Gasteiger partial charge in [0, 0.05) is 13.7 Å². The predicted molar refractivity (Wildman–Crippen MR) is 74.3 cm³/mol. The Labute approximate surface area is 117 Å². The van der Waals surface area contributed by atoms with Crippen molar-refractivity contribution in [3.05, 3.63) is 35.6 Å². The van der Waals surface area contributed by atoms with E-state index < -0.39 is 11.7 Å². The molecule has 0 aliphatic heterocycles. The van der Waals surface area contributed by atoms with Crippen molar-refractivity contribution in [2.75, 3.05) is 26.9 Å². The van der Waals surface area contributed by atoms with Gasteiger partial charge in [0.05, 0.1) is 12.2 Å². The van der Waals surface area contributed by atoms with Gasteiger partial charge < -0.3 is 9.47 Å². The number of halogens is 1. The van der Waals surface area contributed by atoms with Crippen LogP contribution in [0.1, 0.15) is 23.7 Å². The number of hydrogen-bond donors (Lipinski definition) is 1. The molecule has 0 aliphatic carbocycles. The normalized spacial score (nSPS) is 11.2. The molecular weight excluding hydrogens is 263 g/mol. The van der Waals surface area contributed by atoms with Crippen LogP contribution in [-0.2, 0) is 9.47 Å². The van der Waals surface area contributed by atoms with Crippen molar-refractivity contribution >= 4 is 11.9 Å². The number of nitrogens with zero attached hydrogens (tertiary/aromatic N) is 1. The third-order valence-corrected chi connectivity index (χ3v) is 2.34. The second kappa shape index (κ2) is 9.03. The summed E-state index contributed by atoms with van der Waals surface area (Å²) in [5.74, 6) is -1.17. The Kier molecular flexibility index (Phi) is 7.27. The number of nitrogens with one attached hydrogen (secondary N) is 1. The zero-order valence-corrected chi connectivity index (χ0v) is 11.7. The van der Waals surface area contributed by atoms with Crippen molar-refractivity contribution in [3.63, 3.8) is 0 Å². The molecule has 110 valence electrons. The third-order valence-electron chi connectivity index (χ3n) is 2.34. The lowest BCUT2D eigenvalue weighted by Crippen LogP contribution is -2.34. The van der Waals surface area contributed by atoms with E-state index in [1.165, 1.54) is 18.2 Å². The van der Waals surface area contributed by atoms with Gasteiger partial charge in [-0.15, -0.1) is 0 Å². The molecule has 0 aromatic heterocycles. The standard InChI is InChI=1S/C14H19FN2O3/c1-3-8-16-14(20-10-9-19-2)17-13(18)11-6-4-5-7-12(11)15/h4-7H,3,8-10H2,1-2H3,(H,16,17,18). The molecule has 1 N–H and O–H groups in total. The number of benzene rings is 1. The summed E-state index contributed by atoms with van der Waals surface area (Å²) in [6.45, 7) is 3.10. The first kappa shape index (κ1) is 16.1. The van der Waals surface area contributed by atoms with Crippen molar-refractivity contribution < 1.29 is 18.7 Å². The minimum atomic E-state index is -0.588. The summed E-state index contributed by atoms with van der Waals surface area (Å²) < 4.78 is 23.6. The van der Waals surface area contributed by atoms with Crippen molar-refractivity contribution in [3.8, 4) is 0 Å². The quantitative estimate of drug-likeness (QED) is 0.493. The van der Waals surface area contributed by atoms with Crippen LogP contribution in [0, 0.1) is 5.82 Å². The van der Waals surface area contributed by atoms with Gasteiger partial charge in [-0.2, -0.15) is 0 Å². The van der Waals surface area contributed by atoms with E-state index in [4.69, 9.17) is 9.47 Å². The minimum absolute atomic E-state index is 0.0490. The van der Waals surface area contributed by atoms with Crippen LogP contribution >= 0.6 is 0 Å². The highest BCUT2D eigenvalue weighted by atomic mass is 19.1. The molecule has 0 atom stereocenters. The van der Waals surface area contributed by atoms with E-state index in [0.717, 1.165) is 6.42 Å². The molecule has 0 fully saturated rings. The van der Waals surface area contributed by atoms with Gasteiger partial charge in [-0.05, 0) is 18.6 Å². The monoisotopic (exact) mass is 282 g/mol. The number of carbonyl (C=O) groups is 1. The third kappa shape index (κ3) is 5.36. The highest BCUT2D eigenvalue weighted by Crippen LogP contribution is 2.05. The van der Waals surface area contributed by atoms with E-state index in [1.54, 1.807) is 13.2 Å². The van der Waals surface area contributed by atoms with Crippen LogP contribution < -0.4 is 5.32 Å². The van der Waals surface area contributed by atoms with Crippen LogP contribution in [0.5, 0.6) is 0 Å². The van der Waals surface area contributed by atoms with Gasteiger partial charge in [0.1, 0.15) is 12.4 Å². The summed E-state index contributed by atoms with van der Waals surface area (Å²) in [5.41, 5.74) is -0.0490. The molecule has 0 saturated carbocycles. The molecular formula is C14H19FN2O3. The van der Waals surface area contributed by atoms with Gasteiger partial charge in [-0.3, -0.25) is 10.1 Å². The molecule has 1 rings (SSSR count). The van der Waals surface area contributed by atoms with Gasteiger partial charge in [-0.1, -0.05) is 19.1 Å². The van der Waals surface area contributed by atoms with Crippen molar-refractivity contribution in [2.24, 2.45) is 4.99 Å². The molecule has 0 bridgehead atoms. The largest absolute Gasteiger partial charge is 0.463 e. The minimum Gasteiger partial charge on any atom is -0.463 e. The lowest BCUT2D eigenvalue weighted by molar-refractivity contribution is 0.0950. The van der Waals surface area contributed by atoms with E-state index >= 15 is 0 Å². The summed E-state index contributed by atoms with van der Waals surface area (Å²) in [5, 5.41) is 2.46. The van der Waals surface area contributed by atoms with Crippen LogP contribution in [0.4, 0.5) is 4.39 Å². The fraction of sp³-hybridized carbons (Fsp3) is 0.429. The van der Waals surface area contributed by atoms with Gasteiger partial charge in [0.2, 0.25) is 0 Å². The molecule has 0 unspecified atom stereocenters. The number of rotatable bonds is 6. The van der Waals surface area contributed by atoms with E-state index in [0.29, 0.717) is 13.2 Å². The molecule has 5 nitrogen and oxygen atoms in total. The Morgan fingerprint density at radius 3 is 2.75 bits per heavy atom. The Bertz CT molecular complexity index is 463. The molecule has 0 radical (unpaired) electrons. The smallest absolute Gasteiger partial charge is 0.291 e. The molecule has 1 amide bonds. The van der Waals surface area contributed by atoms with Crippen LogP contribution in [0.25, 0.3) is 0 Å². The number of ether oxygens (including phenoxy) is 2. The van der Waals surface area contributed by atoms with Crippen LogP contribution in [0.2, 0.25) is 0 Å². The van der Waals surface area contributed by atoms with Gasteiger partial charge in [0.25, 0.3) is 11.9 Å². The zero-order valence-electron chi connectivity index (χ0n) is 11.7. The molecule has 1 aromatic rings. The Hall–Kier alpha value is -1.95. The number of methoxy groups -OCH3 is 1. The molecule has 20 heavy (non-hydrogen) atoms. The molecule has 1 aromatic carbocycles. The summed E-state index contributed by atoms with van der Waals surface area (Å²) >= 11 is 0. The molecule has 0 heterocycles. The van der Waals surface area contributed by atoms with E-state index in [1.807, 2.05) is 6.92 Å². The van der Waals surface area contributed by atoms with Gasteiger partial charge in [0.15, 0.2) is 0 Å². The second-order valence-corrected chi connectivity index (χ2v) is 3.96. The summed E-state index contributed by atoms with van der Waals surface area (Å²) in [4.78, 5) is 16.0. The van der Waals surface area contributed by atoms with Crippen LogP contribution in [0.3, 0.4) is 0 Å². The molecule has 6 heteroatoms. The average molecular weight is 282 g/mol. The van der Waals surface area contributed by atoms with Gasteiger partial charge in [-0.25, -0.2) is 9.38 Å². The first-order valence-electron chi connectivity index (χ1n) is 6.41. The van der Waals surface area contributed by atoms with E-state index in [-0.39, 0.29) is 18.2 Å². The SMILES string of the molecule is CCCN=C(NC(=O)c1ccccc1F)OCCOC. The Morgan fingerprint density at radius 1 is 1.35 bits per heavy atom. The Morgan fingerprint density at radius 2 is 2.10 bits per heavy atom. The first-order chi connectivity index (χ1) is 9.69. The topological polar surface area (TPSA) is 59.9 Å². The fourth-order valence-corrected chi connectivity index (χ4v) is 1.37. The maximum absolute atomic E-state index is 13.5. The predicted octanol–water partition coefficient (Wildman–Crippen LogP) is 1.98. The molecule has 0 saturated heterocycles. The lowest BCUT2D eigenvalue weighted by Gasteiger charge is -2.10. The molecule has 0 spiro atoms. The Balaban J connectivity index is 2.69. The first-order valence-corrected chi connectivity index (χ1v) is 6.41. The van der Waals surface area contributed by atoms with Crippen LogP contribution in [0.15, 0.2) is 29.3 Å². The summed E-state index contributed by atoms with van der Waals surface area (Å²) in [6, 6.07) is 5.82. The number of carbonyl (C=O) groups excluding carboxylic acids is 1. The van der Waals surface area contributed by atoms with E-state index in [2.05, 4.69) is 10.3 Å². The summed E-state index contributed by atoms with van der Waals surface area (Å²) in [6.07, 6.45) is 0.812. The number of aliphatic imine (C=N–C) groups is 1. The highest BCUT2D eigenvalue weighted by molar-refractivity contribution is 6.04. The highest BCUT2D eigenvalue weighted by Gasteiger charge is 2.13. The van der Waals surface area contributed by atoms with Gasteiger partial charge >= 0.3 is 0 Å². The number of hydrogen-bond acceptors (Lipinski definition) is 4.